The molecule has 1 amide bonds. The average Bonchev–Trinajstić information content (AvgIpc) is 3.02. The summed E-state index contributed by atoms with van der Waals surface area (Å²) in [5.74, 6) is -2.25. The molecule has 0 aliphatic carbocycles. The van der Waals surface area contributed by atoms with Gasteiger partial charge in [0.15, 0.2) is 0 Å². The third-order valence-corrected chi connectivity index (χ3v) is 8.32. The second-order valence-corrected chi connectivity index (χ2v) is 11.4. The van der Waals surface area contributed by atoms with Crippen LogP contribution in [0.5, 0.6) is 5.75 Å². The second-order valence-electron chi connectivity index (χ2n) is 11.4. The Bertz CT molecular complexity index is 1700. The molecule has 2 aliphatic rings. The number of carbonyl (C=O) groups is 2. The van der Waals surface area contributed by atoms with Gasteiger partial charge in [-0.15, -0.1) is 0 Å². The first-order valence-electron chi connectivity index (χ1n) is 14.7. The van der Waals surface area contributed by atoms with E-state index in [-0.39, 0.29) is 36.4 Å². The predicted octanol–water partition coefficient (Wildman–Crippen LogP) is 3.81. The van der Waals surface area contributed by atoms with Gasteiger partial charge in [-0.3, -0.25) is 9.59 Å². The average molecular weight is 647 g/mol. The van der Waals surface area contributed by atoms with Gasteiger partial charge in [0.25, 0.3) is 11.5 Å². The largest absolute Gasteiger partial charge is 0.493 e. The number of rotatable bonds is 7. The van der Waals surface area contributed by atoms with Crippen molar-refractivity contribution in [1.29, 1.82) is 0 Å². The lowest BCUT2D eigenvalue weighted by Crippen LogP contribution is -2.53. The Kier molecular flexibility index (Phi) is 9.38. The smallest absolute Gasteiger partial charge is 0.411 e. The Balaban J connectivity index is 1.44. The van der Waals surface area contributed by atoms with Crippen LogP contribution in [-0.4, -0.2) is 73.2 Å². The topological polar surface area (TPSA) is 112 Å². The maximum atomic E-state index is 15.5. The number of morpholine rings is 1. The maximum absolute atomic E-state index is 15.5. The van der Waals surface area contributed by atoms with Crippen LogP contribution in [0.25, 0.3) is 11.1 Å². The van der Waals surface area contributed by atoms with Crippen molar-refractivity contribution in [3.63, 3.8) is 0 Å². The minimum absolute atomic E-state index is 0.0323. The van der Waals surface area contributed by atoms with Crippen LogP contribution in [0.3, 0.4) is 0 Å². The Morgan fingerprint density at radius 1 is 1.20 bits per heavy atom. The van der Waals surface area contributed by atoms with E-state index in [0.717, 1.165) is 23.6 Å². The molecule has 3 aromatic rings. The van der Waals surface area contributed by atoms with Crippen LogP contribution in [-0.2, 0) is 34.2 Å². The van der Waals surface area contributed by atoms with Crippen molar-refractivity contribution in [1.82, 2.24) is 14.9 Å². The van der Waals surface area contributed by atoms with Crippen molar-refractivity contribution in [3.05, 3.63) is 74.7 Å². The van der Waals surface area contributed by atoms with E-state index in [0.29, 0.717) is 47.6 Å². The van der Waals surface area contributed by atoms with Crippen molar-refractivity contribution in [2.45, 2.75) is 51.4 Å². The highest BCUT2D eigenvalue weighted by Crippen LogP contribution is 2.39. The summed E-state index contributed by atoms with van der Waals surface area (Å²) in [6, 6.07) is 2.45. The van der Waals surface area contributed by atoms with Crippen molar-refractivity contribution >= 4 is 17.6 Å². The molecule has 2 aliphatic heterocycles. The summed E-state index contributed by atoms with van der Waals surface area (Å²) in [4.78, 5) is 44.6. The number of aryl methyl sites for hydroxylation is 3. The third-order valence-electron chi connectivity index (χ3n) is 8.32. The molecule has 14 heteroatoms. The van der Waals surface area contributed by atoms with E-state index < -0.39 is 48.1 Å². The first-order valence-corrected chi connectivity index (χ1v) is 14.7. The number of hydrogen-bond donors (Lipinski definition) is 1. The monoisotopic (exact) mass is 646 g/mol. The number of amides is 1. The first-order chi connectivity index (χ1) is 21.8. The summed E-state index contributed by atoms with van der Waals surface area (Å²) in [6.07, 6.45) is -1.95. The van der Waals surface area contributed by atoms with Crippen molar-refractivity contribution in [3.8, 4) is 16.9 Å². The summed E-state index contributed by atoms with van der Waals surface area (Å²) >= 11 is 0. The number of hydrogen-bond acceptors (Lipinski definition) is 8. The number of carbonyl (C=O) groups excluding carboxylic acids is 2. The van der Waals surface area contributed by atoms with Crippen molar-refractivity contribution in [2.75, 3.05) is 38.4 Å². The number of benzene rings is 2. The zero-order valence-corrected chi connectivity index (χ0v) is 25.8. The molecule has 0 spiro atoms. The van der Waals surface area contributed by atoms with Gasteiger partial charge in [0.05, 0.1) is 50.1 Å². The highest BCUT2D eigenvalue weighted by molar-refractivity contribution is 5.98. The van der Waals surface area contributed by atoms with E-state index in [9.17, 15) is 27.6 Å². The maximum Gasteiger partial charge on any atom is 0.411 e. The molecule has 2 atom stereocenters. The normalized spacial score (nSPS) is 17.1. The second kappa shape index (κ2) is 13.1. The van der Waals surface area contributed by atoms with Crippen LogP contribution in [0, 0.1) is 19.7 Å². The molecule has 0 saturated carbocycles. The number of nitrogens with one attached hydrogen (secondary N) is 1. The molecular weight excluding hydrogens is 612 g/mol. The Morgan fingerprint density at radius 2 is 1.96 bits per heavy atom. The molecule has 0 bridgehead atoms. The van der Waals surface area contributed by atoms with Gasteiger partial charge in [-0.25, -0.2) is 14.2 Å². The van der Waals surface area contributed by atoms with Gasteiger partial charge < -0.3 is 29.0 Å². The molecule has 246 valence electrons. The standard InChI is InChI=1S/C32H34F4N4O6/c1-17-12-20(40-9-11-45-15-25(40)32(34,35)36)14-23(33)26(17)29(41)38-24(31(43)44-4)13-19-7-8-22(28-21(19)6-5-10-46-28)27-18(2)37-16-39(3)30(27)42/h7-8,12,14,16,24-25H,5-6,9-11,13,15H2,1-4H3,(H,38,41)/t24-,25+/m0/s1. The van der Waals surface area contributed by atoms with Gasteiger partial charge in [-0.1, -0.05) is 12.1 Å². The highest BCUT2D eigenvalue weighted by Gasteiger charge is 2.45. The Hall–Kier alpha value is -4.46. The third kappa shape index (κ3) is 6.43. The van der Waals surface area contributed by atoms with Gasteiger partial charge in [0.2, 0.25) is 0 Å². The molecule has 46 heavy (non-hydrogen) atoms. The number of fused-ring (bicyclic) bond motifs is 1. The van der Waals surface area contributed by atoms with Crippen LogP contribution in [0.1, 0.15) is 39.2 Å². The Labute approximate surface area is 262 Å². The molecule has 1 saturated heterocycles. The first kappa shape index (κ1) is 32.9. The number of nitrogens with zero attached hydrogens (tertiary/aromatic N) is 3. The quantitative estimate of drug-likeness (QED) is 0.305. The lowest BCUT2D eigenvalue weighted by Gasteiger charge is -2.38. The predicted molar refractivity (Wildman–Crippen MR) is 160 cm³/mol. The van der Waals surface area contributed by atoms with E-state index in [1.807, 2.05) is 0 Å². The number of anilines is 1. The lowest BCUT2D eigenvalue weighted by molar-refractivity contribution is -0.167. The number of methoxy groups -OCH3 is 1. The molecule has 2 aromatic carbocycles. The number of halogens is 4. The fourth-order valence-corrected chi connectivity index (χ4v) is 6.00. The van der Waals surface area contributed by atoms with E-state index in [1.54, 1.807) is 26.1 Å². The molecule has 1 fully saturated rings. The molecular formula is C32H34F4N4O6. The fraction of sp³-hybridized carbons (Fsp3) is 0.438. The minimum atomic E-state index is -4.61. The molecule has 3 heterocycles. The summed E-state index contributed by atoms with van der Waals surface area (Å²) in [7, 11) is 2.76. The van der Waals surface area contributed by atoms with Gasteiger partial charge >= 0.3 is 12.1 Å². The molecule has 5 rings (SSSR count). The van der Waals surface area contributed by atoms with Crippen molar-refractivity contribution in [2.24, 2.45) is 7.05 Å². The Morgan fingerprint density at radius 3 is 2.65 bits per heavy atom. The van der Waals surface area contributed by atoms with Crippen LogP contribution in [0.4, 0.5) is 23.2 Å². The van der Waals surface area contributed by atoms with Crippen LogP contribution < -0.4 is 20.5 Å². The zero-order chi connectivity index (χ0) is 33.3. The molecule has 1 aromatic heterocycles. The zero-order valence-electron chi connectivity index (χ0n) is 25.8. The van der Waals surface area contributed by atoms with Gasteiger partial charge in [0.1, 0.15) is 23.7 Å². The summed E-state index contributed by atoms with van der Waals surface area (Å²) in [5.41, 5.74) is 2.30. The minimum Gasteiger partial charge on any atom is -0.493 e. The van der Waals surface area contributed by atoms with Gasteiger partial charge in [-0.2, -0.15) is 13.2 Å². The van der Waals surface area contributed by atoms with Gasteiger partial charge in [-0.05, 0) is 55.5 Å². The van der Waals surface area contributed by atoms with E-state index in [2.05, 4.69) is 10.3 Å². The fourth-order valence-electron chi connectivity index (χ4n) is 6.00. The number of ether oxygens (including phenoxy) is 3. The van der Waals surface area contributed by atoms with E-state index in [4.69, 9.17) is 14.2 Å². The summed E-state index contributed by atoms with van der Waals surface area (Å²) in [5, 5.41) is 2.55. The number of aromatic nitrogens is 2. The number of alkyl halides is 3. The molecule has 1 N–H and O–H groups in total. The molecule has 10 nitrogen and oxygen atoms in total. The van der Waals surface area contributed by atoms with Crippen molar-refractivity contribution < 1.29 is 41.4 Å². The summed E-state index contributed by atoms with van der Waals surface area (Å²) in [6.45, 7) is 2.89. The van der Waals surface area contributed by atoms with E-state index >= 15 is 4.39 Å². The van der Waals surface area contributed by atoms with Gasteiger partial charge in [0, 0.05) is 31.3 Å². The van der Waals surface area contributed by atoms with Crippen LogP contribution in [0.2, 0.25) is 0 Å². The molecule has 0 radical (unpaired) electrons. The summed E-state index contributed by atoms with van der Waals surface area (Å²) < 4.78 is 73.7. The van der Waals surface area contributed by atoms with E-state index in [1.165, 1.54) is 23.9 Å². The van der Waals surface area contributed by atoms with Crippen LogP contribution in [0.15, 0.2) is 35.4 Å². The lowest BCUT2D eigenvalue weighted by atomic mass is 9.90. The van der Waals surface area contributed by atoms with Crippen LogP contribution >= 0.6 is 0 Å². The number of esters is 1. The SMILES string of the molecule is COC(=O)[C@H](Cc1ccc(-c2c(C)ncn(C)c2=O)c2c1CCCO2)NC(=O)c1c(C)cc(N2CCOC[C@@H]2C(F)(F)F)cc1F. The highest BCUT2D eigenvalue weighted by atomic mass is 19.4. The molecule has 0 unspecified atom stereocenters.